The van der Waals surface area contributed by atoms with Gasteiger partial charge in [-0.3, -0.25) is 19.9 Å². The largest absolute Gasteiger partial charge is 0.256 e. The molecule has 0 saturated heterocycles. The minimum atomic E-state index is -0.371. The predicted octanol–water partition coefficient (Wildman–Crippen LogP) is 15.4. The topological polar surface area (TPSA) is 51.6 Å². The number of hydrogen-bond donors (Lipinski definition) is 0. The quantitative estimate of drug-likeness (QED) is 0.0893. The molecule has 6 heteroatoms. The van der Waals surface area contributed by atoms with Crippen LogP contribution in [0.25, 0.3) is 11.1 Å². The van der Waals surface area contributed by atoms with Crippen LogP contribution in [0, 0.1) is 0 Å². The van der Waals surface area contributed by atoms with Crippen LogP contribution in [0.1, 0.15) is 169 Å². The van der Waals surface area contributed by atoms with Gasteiger partial charge >= 0.3 is 0 Å². The summed E-state index contributed by atoms with van der Waals surface area (Å²) in [5, 5.41) is 0.449. The van der Waals surface area contributed by atoms with Crippen molar-refractivity contribution >= 4 is 28.3 Å². The van der Waals surface area contributed by atoms with E-state index >= 15 is 0 Å². The van der Waals surface area contributed by atoms with E-state index in [1.54, 1.807) is 12.4 Å². The Morgan fingerprint density at radius 2 is 0.741 bits per heavy atom. The normalized spacial score (nSPS) is 10.8. The summed E-state index contributed by atoms with van der Waals surface area (Å²) in [5.41, 5.74) is 6.03. The molecule has 0 fully saturated rings. The second-order valence-electron chi connectivity index (χ2n) is 15.5. The molecule has 1 atom stereocenters. The van der Waals surface area contributed by atoms with E-state index in [2.05, 4.69) is 116 Å². The Kier molecular flexibility index (Phi) is 26.5. The maximum absolute atomic E-state index is 4.57. The summed E-state index contributed by atoms with van der Waals surface area (Å²) in [6.07, 6.45) is 24.2. The lowest BCUT2D eigenvalue weighted by Crippen LogP contribution is -2.23. The highest BCUT2D eigenvalue weighted by molar-refractivity contribution is 7.64. The first-order valence-electron chi connectivity index (χ1n) is 20.5. The molecular formula is C48H74N4P2. The van der Waals surface area contributed by atoms with Gasteiger partial charge in [-0.25, -0.2) is 0 Å². The molecule has 1 unspecified atom stereocenters. The molecule has 0 N–H and O–H groups in total. The van der Waals surface area contributed by atoms with Gasteiger partial charge in [0.2, 0.25) is 0 Å². The minimum Gasteiger partial charge on any atom is -0.256 e. The van der Waals surface area contributed by atoms with Crippen molar-refractivity contribution in [3.05, 3.63) is 132 Å². The van der Waals surface area contributed by atoms with Crippen molar-refractivity contribution in [1.29, 1.82) is 0 Å². The van der Waals surface area contributed by atoms with Crippen LogP contribution in [0.2, 0.25) is 0 Å². The summed E-state index contributed by atoms with van der Waals surface area (Å²) >= 11 is 0. The van der Waals surface area contributed by atoms with Gasteiger partial charge in [0.15, 0.2) is 0 Å². The number of unbranched alkanes of at least 4 members (excludes halogenated alkanes) is 10. The molecule has 54 heavy (non-hydrogen) atoms. The molecular weight excluding hydrogens is 695 g/mol. The highest BCUT2D eigenvalue weighted by atomic mass is 31.1. The van der Waals surface area contributed by atoms with E-state index in [9.17, 15) is 0 Å². The first-order valence-corrected chi connectivity index (χ1v) is 22.6. The van der Waals surface area contributed by atoms with E-state index in [-0.39, 0.29) is 18.2 Å². The molecule has 0 aromatic carbocycles. The molecule has 0 spiro atoms. The van der Waals surface area contributed by atoms with Gasteiger partial charge in [0.25, 0.3) is 0 Å². The van der Waals surface area contributed by atoms with Gasteiger partial charge in [0.05, 0.1) is 22.8 Å². The van der Waals surface area contributed by atoms with E-state index in [0.717, 1.165) is 33.9 Å². The lowest BCUT2D eigenvalue weighted by atomic mass is 10.1. The fourth-order valence-corrected chi connectivity index (χ4v) is 9.53. The van der Waals surface area contributed by atoms with Gasteiger partial charge < -0.3 is 0 Å². The number of aromatic nitrogens is 4. The third kappa shape index (κ3) is 21.1. The van der Waals surface area contributed by atoms with Crippen LogP contribution in [0.15, 0.2) is 109 Å². The van der Waals surface area contributed by atoms with E-state index in [4.69, 9.17) is 0 Å². The van der Waals surface area contributed by atoms with Gasteiger partial charge in [0.1, 0.15) is 0 Å². The van der Waals surface area contributed by atoms with E-state index in [1.165, 1.54) is 77.0 Å². The molecule has 4 nitrogen and oxygen atoms in total. The van der Waals surface area contributed by atoms with Crippen LogP contribution in [0.3, 0.4) is 0 Å². The van der Waals surface area contributed by atoms with Crippen molar-refractivity contribution in [1.82, 2.24) is 19.9 Å². The van der Waals surface area contributed by atoms with Crippen molar-refractivity contribution in [2.24, 2.45) is 0 Å². The maximum Gasteiger partial charge on any atom is 0.0724 e. The fraction of sp³-hybridized carbons (Fsp3) is 0.500. The Bertz CT molecular complexity index is 1390. The molecule has 4 aromatic rings. The molecule has 0 aliphatic carbocycles. The predicted molar refractivity (Wildman–Crippen MR) is 245 cm³/mol. The van der Waals surface area contributed by atoms with Crippen molar-refractivity contribution in [2.45, 2.75) is 157 Å². The lowest BCUT2D eigenvalue weighted by Gasteiger charge is -2.40. The third-order valence-corrected chi connectivity index (χ3v) is 12.3. The molecule has 0 radical (unpaired) electrons. The number of pyridine rings is 4. The average Bonchev–Trinajstić information content (AvgIpc) is 3.17. The summed E-state index contributed by atoms with van der Waals surface area (Å²) in [7, 11) is 2.23. The lowest BCUT2D eigenvalue weighted by molar-refractivity contribution is 0.624. The van der Waals surface area contributed by atoms with Crippen LogP contribution in [-0.2, 0) is 0 Å². The first-order chi connectivity index (χ1) is 25.9. The Morgan fingerprint density at radius 1 is 0.463 bits per heavy atom. The highest BCUT2D eigenvalue weighted by Gasteiger charge is 2.33. The Labute approximate surface area is 335 Å². The summed E-state index contributed by atoms with van der Waals surface area (Å²) in [6, 6.07) is 23.8. The smallest absolute Gasteiger partial charge is 0.0724 e. The second kappa shape index (κ2) is 29.3. The van der Waals surface area contributed by atoms with Crippen molar-refractivity contribution in [2.75, 3.05) is 0 Å². The van der Waals surface area contributed by atoms with Crippen molar-refractivity contribution in [3.8, 4) is 0 Å². The highest BCUT2D eigenvalue weighted by Crippen LogP contribution is 2.61. The Hall–Kier alpha value is -3.06. The van der Waals surface area contributed by atoms with Gasteiger partial charge in [-0.15, -0.1) is 9.24 Å². The van der Waals surface area contributed by atoms with Crippen LogP contribution in [-0.4, -0.2) is 30.2 Å². The molecule has 0 amide bonds. The van der Waals surface area contributed by atoms with E-state index in [1.807, 2.05) is 78.9 Å². The minimum absolute atomic E-state index is 0.225. The third-order valence-electron chi connectivity index (χ3n) is 8.55. The maximum atomic E-state index is 4.57. The van der Waals surface area contributed by atoms with Gasteiger partial charge in [-0.05, 0) is 64.7 Å². The van der Waals surface area contributed by atoms with Gasteiger partial charge in [0, 0.05) is 35.9 Å². The molecule has 4 rings (SSSR count). The zero-order valence-corrected chi connectivity index (χ0v) is 37.7. The molecule has 0 bridgehead atoms. The molecule has 0 saturated carbocycles. The standard InChI is InChI=1S/C20H27N2P.C12H11N2P.2C8H18/c1-19(2,3)23(20(4,5)6)15-16(17-11-7-9-13-21-17)18-12-8-10-14-22-18;15-9-10(11-5-1-3-7-13-11)12-6-2-4-8-14-12;2*1-3-5-7-8-6-4-2/h7-15H,1-6H3;1-9H,15H2;2*3-8H2,1-2H3. The van der Waals surface area contributed by atoms with Crippen LogP contribution in [0.4, 0.5) is 0 Å². The fourth-order valence-electron chi connectivity index (χ4n) is 5.88. The second-order valence-corrected chi connectivity index (χ2v) is 19.5. The molecule has 0 aliphatic rings. The van der Waals surface area contributed by atoms with Crippen LogP contribution in [0.5, 0.6) is 0 Å². The van der Waals surface area contributed by atoms with Gasteiger partial charge in [-0.2, -0.15) is 0 Å². The summed E-state index contributed by atoms with van der Waals surface area (Å²) in [6.45, 7) is 23.0. The summed E-state index contributed by atoms with van der Waals surface area (Å²) in [5.74, 6) is 4.38. The number of hydrogen-bond acceptors (Lipinski definition) is 4. The zero-order chi connectivity index (χ0) is 40.1. The van der Waals surface area contributed by atoms with Crippen LogP contribution >= 0.6 is 17.2 Å². The van der Waals surface area contributed by atoms with E-state index in [0.29, 0.717) is 0 Å². The summed E-state index contributed by atoms with van der Waals surface area (Å²) in [4.78, 5) is 17.8. The van der Waals surface area contributed by atoms with E-state index < -0.39 is 0 Å². The molecule has 0 aliphatic heterocycles. The molecule has 4 heterocycles. The van der Waals surface area contributed by atoms with Crippen molar-refractivity contribution < 1.29 is 0 Å². The number of nitrogens with zero attached hydrogens (tertiary/aromatic N) is 4. The molecule has 296 valence electrons. The first kappa shape index (κ1) is 49.0. The zero-order valence-electron chi connectivity index (χ0n) is 35.7. The molecule has 4 aromatic heterocycles. The average molecular weight is 769 g/mol. The Morgan fingerprint density at radius 3 is 0.944 bits per heavy atom. The van der Waals surface area contributed by atoms with Crippen LogP contribution < -0.4 is 0 Å². The SMILES string of the molecule is CC(C)(C)P(C=C(c1ccccn1)c1ccccn1)C(C)(C)C.CCCCCCCC.CCCCCCCC.PC=C(c1ccccn1)c1ccccn1. The van der Waals surface area contributed by atoms with Gasteiger partial charge in [-0.1, -0.05) is 184 Å². The monoisotopic (exact) mass is 769 g/mol. The number of rotatable bonds is 15. The summed E-state index contributed by atoms with van der Waals surface area (Å²) < 4.78 is 0. The van der Waals surface area contributed by atoms with Crippen molar-refractivity contribution in [3.63, 3.8) is 0 Å². The Balaban J connectivity index is 0.000000402.